The van der Waals surface area contributed by atoms with Crippen molar-refractivity contribution in [2.24, 2.45) is 0 Å². The van der Waals surface area contributed by atoms with E-state index in [1.807, 2.05) is 0 Å². The van der Waals surface area contributed by atoms with E-state index in [0.29, 0.717) is 6.07 Å². The molecule has 2 atom stereocenters. The minimum Gasteiger partial charge on any atom is -0.390 e. The summed E-state index contributed by atoms with van der Waals surface area (Å²) in [4.78, 5) is 14.1. The zero-order valence-corrected chi connectivity index (χ0v) is 22.7. The van der Waals surface area contributed by atoms with Gasteiger partial charge in [-0.2, -0.15) is 26.3 Å². The monoisotopic (exact) mass is 613 g/mol. The van der Waals surface area contributed by atoms with Gasteiger partial charge in [-0.05, 0) is 74.9 Å². The Bertz CT molecular complexity index is 1420. The summed E-state index contributed by atoms with van der Waals surface area (Å²) >= 11 is 0. The number of sulfone groups is 1. The fourth-order valence-corrected chi connectivity index (χ4v) is 8.38. The van der Waals surface area contributed by atoms with Gasteiger partial charge in [0.25, 0.3) is 0 Å². The number of carbonyl (C=O) groups is 1. The molecule has 2 aromatic rings. The lowest BCUT2D eigenvalue weighted by Gasteiger charge is -2.38. The van der Waals surface area contributed by atoms with Gasteiger partial charge in [0.05, 0.1) is 23.0 Å². The Kier molecular flexibility index (Phi) is 7.55. The van der Waals surface area contributed by atoms with E-state index >= 15 is 0 Å². The van der Waals surface area contributed by atoms with Crippen LogP contribution in [0, 0.1) is 5.82 Å². The molecule has 0 saturated carbocycles. The topological polar surface area (TPSA) is 74.7 Å². The summed E-state index contributed by atoms with van der Waals surface area (Å²) in [7, 11) is -4.59. The van der Waals surface area contributed by atoms with Crippen molar-refractivity contribution in [1.82, 2.24) is 4.90 Å². The van der Waals surface area contributed by atoms with Gasteiger partial charge in [-0.3, -0.25) is 4.79 Å². The summed E-state index contributed by atoms with van der Waals surface area (Å²) in [5.74, 6) is -1.36. The van der Waals surface area contributed by atoms with Crippen LogP contribution < -0.4 is 0 Å². The molecule has 0 unspecified atom stereocenters. The van der Waals surface area contributed by atoms with Gasteiger partial charge < -0.3 is 10.0 Å². The molecule has 41 heavy (non-hydrogen) atoms. The van der Waals surface area contributed by atoms with Crippen molar-refractivity contribution < 1.29 is 53.4 Å². The molecule has 0 radical (unpaired) electrons. The maximum Gasteiger partial charge on any atom is 0.435 e. The molecule has 1 amide bonds. The van der Waals surface area contributed by atoms with Crippen molar-refractivity contribution in [2.45, 2.75) is 85.3 Å². The predicted octanol–water partition coefficient (Wildman–Crippen LogP) is 5.88. The number of fused-ring (bicyclic) bond motifs is 3. The number of benzene rings is 2. The second-order valence-electron chi connectivity index (χ2n) is 11.1. The van der Waals surface area contributed by atoms with Crippen molar-refractivity contribution in [3.63, 3.8) is 0 Å². The van der Waals surface area contributed by atoms with E-state index in [1.165, 1.54) is 18.7 Å². The third kappa shape index (κ3) is 5.00. The lowest BCUT2D eigenvalue weighted by Crippen LogP contribution is -2.51. The van der Waals surface area contributed by atoms with Crippen molar-refractivity contribution in [3.8, 4) is 0 Å². The van der Waals surface area contributed by atoms with Gasteiger partial charge in [0.15, 0.2) is 9.84 Å². The molecular formula is C27H27F8NO4S. The zero-order chi connectivity index (χ0) is 30.8. The zero-order valence-electron chi connectivity index (χ0n) is 21.9. The van der Waals surface area contributed by atoms with Crippen molar-refractivity contribution in [1.29, 1.82) is 0 Å². The number of likely N-dealkylation sites (tertiary alicyclic amines) is 1. The number of carbonyl (C=O) groups excluding carboxylic acids is 1. The predicted molar refractivity (Wildman–Crippen MR) is 131 cm³/mol. The van der Waals surface area contributed by atoms with Crippen LogP contribution in [0.15, 0.2) is 47.4 Å². The number of aliphatic hydroxyl groups is 1. The number of hydrogen-bond donors (Lipinski definition) is 1. The van der Waals surface area contributed by atoms with E-state index in [1.54, 1.807) is 0 Å². The molecule has 0 bridgehead atoms. The fourth-order valence-electron chi connectivity index (χ4n) is 6.02. The molecule has 2 aliphatic rings. The quantitative estimate of drug-likeness (QED) is 0.338. The van der Waals surface area contributed by atoms with Crippen LogP contribution in [0.1, 0.15) is 56.2 Å². The van der Waals surface area contributed by atoms with Crippen LogP contribution in [-0.4, -0.2) is 54.9 Å². The van der Waals surface area contributed by atoms with Gasteiger partial charge in [-0.1, -0.05) is 18.2 Å². The highest BCUT2D eigenvalue weighted by Gasteiger charge is 2.73. The van der Waals surface area contributed by atoms with Gasteiger partial charge in [0.2, 0.25) is 5.91 Å². The largest absolute Gasteiger partial charge is 0.435 e. The van der Waals surface area contributed by atoms with Gasteiger partial charge in [-0.25, -0.2) is 17.2 Å². The molecule has 226 valence electrons. The maximum absolute atomic E-state index is 15.0. The Balaban J connectivity index is 1.97. The summed E-state index contributed by atoms with van der Waals surface area (Å²) in [6, 6.07) is 4.06. The van der Waals surface area contributed by atoms with Crippen LogP contribution in [0.4, 0.5) is 35.1 Å². The molecule has 0 aromatic heterocycles. The van der Waals surface area contributed by atoms with Crippen LogP contribution in [0.2, 0.25) is 0 Å². The first-order chi connectivity index (χ1) is 18.7. The summed E-state index contributed by atoms with van der Waals surface area (Å²) in [5, 5.41) is 10.2. The highest BCUT2D eigenvalue weighted by atomic mass is 32.2. The molecule has 1 fully saturated rings. The molecule has 1 saturated heterocycles. The third-order valence-electron chi connectivity index (χ3n) is 7.81. The van der Waals surface area contributed by atoms with E-state index in [0.717, 1.165) is 30.3 Å². The minimum absolute atomic E-state index is 0.0126. The Labute approximate surface area is 231 Å². The van der Waals surface area contributed by atoms with Crippen molar-refractivity contribution >= 4 is 15.7 Å². The lowest BCUT2D eigenvalue weighted by molar-refractivity contribution is -0.348. The SMILES string of the molecule is CC(C)(O)CC(=O)N1CC[C@]2(S(=O)(=O)c3ccc(F)cc3)c3ccc(C(F)(C(F)(F)F)C(F)(F)F)cc3CCC[C@H]12. The summed E-state index contributed by atoms with van der Waals surface area (Å²) in [6.07, 6.45) is -13.6. The second-order valence-corrected chi connectivity index (χ2v) is 13.3. The molecular weight excluding hydrogens is 586 g/mol. The molecule has 2 aromatic carbocycles. The number of nitrogens with zero attached hydrogens (tertiary/aromatic N) is 1. The van der Waals surface area contributed by atoms with Gasteiger partial charge >= 0.3 is 18.0 Å². The standard InChI is InChI=1S/C27H27F8NO4S/c1-23(2,38)15-22(37)36-13-12-24(41(39,40)19-9-7-18(28)8-10-19)20-11-6-17(14-16(20)4-3-5-21(24)36)25(29,26(30,31)32)27(33,34)35/h6-11,14,21,38H,3-5,12-13,15H2,1-2H3/t21-,24-/m0/s1. The summed E-state index contributed by atoms with van der Waals surface area (Å²) in [5.41, 5.74) is -9.30. The van der Waals surface area contributed by atoms with Crippen LogP contribution in [0.25, 0.3) is 0 Å². The summed E-state index contributed by atoms with van der Waals surface area (Å²) < 4.78 is 136. The Morgan fingerprint density at radius 3 is 2.12 bits per heavy atom. The Morgan fingerprint density at radius 1 is 1.00 bits per heavy atom. The number of aryl methyl sites for hydroxylation is 1. The van der Waals surface area contributed by atoms with Gasteiger partial charge in [-0.15, -0.1) is 0 Å². The molecule has 5 nitrogen and oxygen atoms in total. The second kappa shape index (κ2) is 9.92. The minimum atomic E-state index is -6.36. The maximum atomic E-state index is 15.0. The van der Waals surface area contributed by atoms with E-state index in [4.69, 9.17) is 0 Å². The Morgan fingerprint density at radius 2 is 1.59 bits per heavy atom. The van der Waals surface area contributed by atoms with E-state index in [9.17, 15) is 53.4 Å². The molecule has 0 spiro atoms. The van der Waals surface area contributed by atoms with Crippen LogP contribution in [0.3, 0.4) is 0 Å². The number of rotatable bonds is 5. The highest BCUT2D eigenvalue weighted by Crippen LogP contribution is 2.56. The van der Waals surface area contributed by atoms with Crippen molar-refractivity contribution in [2.75, 3.05) is 6.54 Å². The van der Waals surface area contributed by atoms with Crippen LogP contribution >= 0.6 is 0 Å². The number of amides is 1. The molecule has 1 heterocycles. The molecule has 4 rings (SSSR count). The first-order valence-corrected chi connectivity index (χ1v) is 14.1. The first-order valence-electron chi connectivity index (χ1n) is 12.6. The van der Waals surface area contributed by atoms with Crippen LogP contribution in [-0.2, 0) is 31.5 Å². The molecule has 1 N–H and O–H groups in total. The highest BCUT2D eigenvalue weighted by molar-refractivity contribution is 7.92. The molecule has 1 aliphatic carbocycles. The van der Waals surface area contributed by atoms with Crippen molar-refractivity contribution in [3.05, 3.63) is 65.0 Å². The molecule has 14 heteroatoms. The average Bonchev–Trinajstić information content (AvgIpc) is 3.14. The third-order valence-corrected chi connectivity index (χ3v) is 10.4. The van der Waals surface area contributed by atoms with Crippen LogP contribution in [0.5, 0.6) is 0 Å². The fraction of sp³-hybridized carbons (Fsp3) is 0.519. The number of hydrogen-bond acceptors (Lipinski definition) is 4. The first kappa shape index (κ1) is 31.2. The van der Waals surface area contributed by atoms with Gasteiger partial charge in [0, 0.05) is 12.1 Å². The smallest absolute Gasteiger partial charge is 0.390 e. The lowest BCUT2D eigenvalue weighted by atomic mass is 9.84. The van der Waals surface area contributed by atoms with Gasteiger partial charge in [0.1, 0.15) is 10.6 Å². The number of alkyl halides is 7. The summed E-state index contributed by atoms with van der Waals surface area (Å²) in [6.45, 7) is 2.59. The van der Waals surface area contributed by atoms with E-state index in [-0.39, 0.29) is 60.7 Å². The van der Waals surface area contributed by atoms with E-state index in [2.05, 4.69) is 0 Å². The Hall–Kier alpha value is -2.74. The normalized spacial score (nSPS) is 22.2. The molecule has 1 aliphatic heterocycles. The average molecular weight is 614 g/mol. The van der Waals surface area contributed by atoms with E-state index < -0.39 is 61.5 Å². The number of halogens is 8.